The van der Waals surface area contributed by atoms with E-state index in [1.54, 1.807) is 0 Å². The highest BCUT2D eigenvalue weighted by molar-refractivity contribution is 5.83. The highest BCUT2D eigenvalue weighted by Gasteiger charge is 2.29. The molecule has 2 fully saturated rings. The number of nitrogens with zero attached hydrogens (tertiary/aromatic N) is 2. The normalized spacial score (nSPS) is 18.4. The number of nitrogens with two attached hydrogens (primary N) is 4. The van der Waals surface area contributed by atoms with Crippen LogP contribution in [0.1, 0.15) is 70.6 Å². The van der Waals surface area contributed by atoms with Crippen molar-refractivity contribution < 1.29 is 39.3 Å². The molecule has 0 spiro atoms. The molecule has 0 bridgehead atoms. The Labute approximate surface area is 223 Å². The first-order valence-electron chi connectivity index (χ1n) is 13.1. The number of rotatable bonds is 13. The lowest BCUT2D eigenvalue weighted by Crippen LogP contribution is -2.46. The zero-order chi connectivity index (χ0) is 29.1. The summed E-state index contributed by atoms with van der Waals surface area (Å²) in [5, 5.41) is 26.2. The van der Waals surface area contributed by atoms with Crippen molar-refractivity contribution >= 4 is 29.7 Å². The third-order valence-corrected chi connectivity index (χ3v) is 6.31. The second-order valence-electron chi connectivity index (χ2n) is 9.47. The monoisotopic (exact) mass is 546 g/mol. The van der Waals surface area contributed by atoms with Gasteiger partial charge < -0.3 is 38.3 Å². The van der Waals surface area contributed by atoms with Crippen LogP contribution in [-0.4, -0.2) is 106 Å². The minimum absolute atomic E-state index is 0.0880. The van der Waals surface area contributed by atoms with Crippen LogP contribution in [0.5, 0.6) is 0 Å². The number of carboxylic acids is 3. The molecule has 2 heterocycles. The third kappa shape index (κ3) is 16.1. The average Bonchev–Trinajstić information content (AvgIpc) is 2.87. The van der Waals surface area contributed by atoms with Crippen molar-refractivity contribution in [3.05, 3.63) is 0 Å². The molecule has 0 aliphatic carbocycles. The Kier molecular flexibility index (Phi) is 18.7. The lowest BCUT2D eigenvalue weighted by atomic mass is 10.1. The van der Waals surface area contributed by atoms with Crippen molar-refractivity contribution in [1.82, 2.24) is 9.80 Å². The van der Waals surface area contributed by atoms with Gasteiger partial charge in [0.15, 0.2) is 0 Å². The summed E-state index contributed by atoms with van der Waals surface area (Å²) < 4.78 is 0. The maximum absolute atomic E-state index is 10.9. The molecule has 2 unspecified atom stereocenters. The van der Waals surface area contributed by atoms with Crippen molar-refractivity contribution in [3.63, 3.8) is 0 Å². The highest BCUT2D eigenvalue weighted by Crippen LogP contribution is 2.15. The molecule has 2 amide bonds. The molecule has 14 nitrogen and oxygen atoms in total. The molecule has 0 aromatic heterocycles. The summed E-state index contributed by atoms with van der Waals surface area (Å²) in [5.41, 5.74) is 20.4. The van der Waals surface area contributed by atoms with Crippen LogP contribution in [0.3, 0.4) is 0 Å². The molecule has 14 heteroatoms. The zero-order valence-corrected chi connectivity index (χ0v) is 22.1. The Hall–Kier alpha value is -2.81. The molecule has 2 saturated heterocycles. The highest BCUT2D eigenvalue weighted by atomic mass is 16.4. The number of unbranched alkanes of at least 4 members (excludes halogenated alkanes) is 1. The molecule has 2 aliphatic rings. The van der Waals surface area contributed by atoms with Gasteiger partial charge >= 0.3 is 17.9 Å². The maximum atomic E-state index is 10.9. The van der Waals surface area contributed by atoms with Crippen LogP contribution in [-0.2, 0) is 24.0 Å². The smallest absolute Gasteiger partial charge is 0.321 e. The minimum Gasteiger partial charge on any atom is -0.480 e. The molecule has 0 saturated carbocycles. The number of piperidine rings is 2. The Morgan fingerprint density at radius 2 is 1.00 bits per heavy atom. The van der Waals surface area contributed by atoms with Gasteiger partial charge in [-0.05, 0) is 71.2 Å². The maximum Gasteiger partial charge on any atom is 0.321 e. The largest absolute Gasteiger partial charge is 0.480 e. The van der Waals surface area contributed by atoms with Crippen LogP contribution < -0.4 is 22.9 Å². The van der Waals surface area contributed by atoms with Gasteiger partial charge in [-0.1, -0.05) is 19.3 Å². The van der Waals surface area contributed by atoms with Crippen molar-refractivity contribution in [2.75, 3.05) is 32.7 Å². The second kappa shape index (κ2) is 20.2. The Morgan fingerprint density at radius 1 is 0.632 bits per heavy atom. The first kappa shape index (κ1) is 35.2. The van der Waals surface area contributed by atoms with E-state index < -0.39 is 47.8 Å². The predicted molar refractivity (Wildman–Crippen MR) is 140 cm³/mol. The molecule has 11 N–H and O–H groups in total. The van der Waals surface area contributed by atoms with E-state index in [1.165, 1.54) is 0 Å². The average molecular weight is 547 g/mol. The minimum atomic E-state index is -0.953. The van der Waals surface area contributed by atoms with Crippen molar-refractivity contribution in [2.45, 2.75) is 88.8 Å². The molecule has 0 radical (unpaired) electrons. The van der Waals surface area contributed by atoms with Crippen LogP contribution in [0, 0.1) is 0 Å². The van der Waals surface area contributed by atoms with E-state index in [2.05, 4.69) is 0 Å². The van der Waals surface area contributed by atoms with Gasteiger partial charge in [0.1, 0.15) is 18.1 Å². The first-order chi connectivity index (χ1) is 17.9. The fraction of sp³-hybridized carbons (Fsp3) is 0.792. The van der Waals surface area contributed by atoms with E-state index in [0.29, 0.717) is 13.0 Å². The van der Waals surface area contributed by atoms with E-state index in [1.807, 2.05) is 9.80 Å². The van der Waals surface area contributed by atoms with Gasteiger partial charge in [-0.25, -0.2) is 0 Å². The van der Waals surface area contributed by atoms with E-state index in [9.17, 15) is 24.0 Å². The van der Waals surface area contributed by atoms with Gasteiger partial charge in [-0.15, -0.1) is 0 Å². The molecule has 2 aliphatic heterocycles. The van der Waals surface area contributed by atoms with E-state index in [0.717, 1.165) is 77.5 Å². The van der Waals surface area contributed by atoms with Gasteiger partial charge in [0, 0.05) is 0 Å². The summed E-state index contributed by atoms with van der Waals surface area (Å²) in [5.74, 6) is -3.95. The van der Waals surface area contributed by atoms with Gasteiger partial charge in [-0.3, -0.25) is 33.8 Å². The van der Waals surface area contributed by atoms with Crippen molar-refractivity contribution in [2.24, 2.45) is 22.9 Å². The Balaban J connectivity index is 0.000000551. The summed E-state index contributed by atoms with van der Waals surface area (Å²) in [6, 6.07) is -2.17. The van der Waals surface area contributed by atoms with E-state index >= 15 is 0 Å². The molecule has 38 heavy (non-hydrogen) atoms. The molecular weight excluding hydrogens is 500 g/mol. The number of hydrogen-bond acceptors (Lipinski definition) is 9. The van der Waals surface area contributed by atoms with Crippen molar-refractivity contribution in [3.8, 4) is 0 Å². The van der Waals surface area contributed by atoms with Crippen LogP contribution in [0.25, 0.3) is 0 Å². The number of primary amides is 2. The molecule has 220 valence electrons. The fourth-order valence-corrected chi connectivity index (χ4v) is 4.22. The number of carboxylic acid groups (broad SMARTS) is 3. The topological polar surface area (TPSA) is 257 Å². The lowest BCUT2D eigenvalue weighted by Gasteiger charge is -2.31. The quantitative estimate of drug-likeness (QED) is 0.139. The molecule has 2 rings (SSSR count). The molecule has 0 aromatic rings. The zero-order valence-electron chi connectivity index (χ0n) is 22.1. The lowest BCUT2D eigenvalue weighted by molar-refractivity contribution is -0.146. The molecule has 0 aromatic carbocycles. The number of amides is 2. The number of hydrogen-bond donors (Lipinski definition) is 7. The van der Waals surface area contributed by atoms with Crippen molar-refractivity contribution in [1.29, 1.82) is 0 Å². The second-order valence-corrected chi connectivity index (χ2v) is 9.47. The summed E-state index contributed by atoms with van der Waals surface area (Å²) in [7, 11) is 0. The number of aliphatic carboxylic acids is 3. The van der Waals surface area contributed by atoms with E-state index in [4.69, 9.17) is 38.3 Å². The van der Waals surface area contributed by atoms with Gasteiger partial charge in [0.2, 0.25) is 11.8 Å². The first-order valence-corrected chi connectivity index (χ1v) is 13.1. The SMILES string of the molecule is NC(=O)CC(C(=O)O)N1CCCCC1.NC(=O)CC(C(=O)O)N1CCCCC1.NCCCC[C@H](N)C(=O)O. The molecule has 3 atom stereocenters. The summed E-state index contributed by atoms with van der Waals surface area (Å²) in [6.07, 6.45) is 8.27. The van der Waals surface area contributed by atoms with Crippen LogP contribution in [0.15, 0.2) is 0 Å². The number of likely N-dealkylation sites (tertiary alicyclic amines) is 2. The number of carbonyl (C=O) groups excluding carboxylic acids is 2. The standard InChI is InChI=1S/2C9H16N2O3.C6H14N2O2/c2*10-8(12)6-7(9(13)14)11-4-2-1-3-5-11;7-4-2-1-3-5(8)6(9)10/h2*7H,1-6H2,(H2,10,12)(H,13,14);5H,1-4,7-8H2,(H,9,10)/t;;5-/m..0/s1. The van der Waals surface area contributed by atoms with Crippen LogP contribution in [0.4, 0.5) is 0 Å². The predicted octanol–water partition coefficient (Wildman–Crippen LogP) is -0.871. The van der Waals surface area contributed by atoms with E-state index in [-0.39, 0.29) is 12.8 Å². The molecular formula is C24H46N6O8. The summed E-state index contributed by atoms with van der Waals surface area (Å²) in [4.78, 5) is 56.9. The van der Waals surface area contributed by atoms with Crippen LogP contribution in [0.2, 0.25) is 0 Å². The Bertz CT molecular complexity index is 693. The summed E-state index contributed by atoms with van der Waals surface area (Å²) in [6.45, 7) is 3.62. The van der Waals surface area contributed by atoms with Gasteiger partial charge in [0.05, 0.1) is 12.8 Å². The fourth-order valence-electron chi connectivity index (χ4n) is 4.22. The number of carbonyl (C=O) groups is 5. The van der Waals surface area contributed by atoms with Gasteiger partial charge in [0.25, 0.3) is 0 Å². The van der Waals surface area contributed by atoms with Gasteiger partial charge in [-0.2, -0.15) is 0 Å². The van der Waals surface area contributed by atoms with Crippen LogP contribution >= 0.6 is 0 Å². The summed E-state index contributed by atoms with van der Waals surface area (Å²) >= 11 is 0. The third-order valence-electron chi connectivity index (χ3n) is 6.31. The Morgan fingerprint density at radius 3 is 1.26 bits per heavy atom.